The summed E-state index contributed by atoms with van der Waals surface area (Å²) in [4.78, 5) is 10.7. The predicted molar refractivity (Wildman–Crippen MR) is 64.7 cm³/mol. The zero-order chi connectivity index (χ0) is 11.3. The van der Waals surface area contributed by atoms with Gasteiger partial charge in [-0.05, 0) is 45.4 Å². The van der Waals surface area contributed by atoms with Crippen LogP contribution in [-0.2, 0) is 4.79 Å². The summed E-state index contributed by atoms with van der Waals surface area (Å²) >= 11 is 0. The quantitative estimate of drug-likeness (QED) is 0.503. The van der Waals surface area contributed by atoms with Crippen molar-refractivity contribution in [1.82, 2.24) is 0 Å². The topological polar surface area (TPSA) is 17.1 Å². The molecule has 0 saturated carbocycles. The third-order valence-electron chi connectivity index (χ3n) is 3.17. The number of rotatable bonds is 4. The number of hydrogen-bond acceptors (Lipinski definition) is 1. The van der Waals surface area contributed by atoms with Crippen LogP contribution in [0.25, 0.3) is 0 Å². The molecular formula is C14H22O. The number of hydrogen-bond donors (Lipinski definition) is 0. The van der Waals surface area contributed by atoms with Gasteiger partial charge in [0.2, 0.25) is 0 Å². The summed E-state index contributed by atoms with van der Waals surface area (Å²) < 4.78 is 0. The highest BCUT2D eigenvalue weighted by molar-refractivity contribution is 5.55. The third kappa shape index (κ3) is 4.03. The first kappa shape index (κ1) is 12.2. The Morgan fingerprint density at radius 3 is 2.80 bits per heavy atom. The average Bonchev–Trinajstić information content (AvgIpc) is 2.17. The Hall–Kier alpha value is -0.850. The Morgan fingerprint density at radius 2 is 2.27 bits per heavy atom. The third-order valence-corrected chi connectivity index (χ3v) is 3.17. The number of carbonyl (C=O) groups excluding carboxylic acids is 1. The fourth-order valence-electron chi connectivity index (χ4n) is 2.14. The summed E-state index contributed by atoms with van der Waals surface area (Å²) in [5.74, 6) is 0.704. The smallest absolute Gasteiger partial charge is 0.123 e. The number of carbonyl (C=O) groups is 1. The molecule has 1 rings (SSSR count). The van der Waals surface area contributed by atoms with Gasteiger partial charge in [0, 0.05) is 5.92 Å². The first-order valence-electron chi connectivity index (χ1n) is 5.91. The molecule has 0 heterocycles. The van der Waals surface area contributed by atoms with Gasteiger partial charge in [0.05, 0.1) is 0 Å². The van der Waals surface area contributed by atoms with E-state index < -0.39 is 0 Å². The molecule has 0 radical (unpaired) electrons. The molecular weight excluding hydrogens is 184 g/mol. The second-order valence-electron chi connectivity index (χ2n) is 4.84. The van der Waals surface area contributed by atoms with Crippen molar-refractivity contribution in [1.29, 1.82) is 0 Å². The second kappa shape index (κ2) is 5.89. The molecule has 2 atom stereocenters. The van der Waals surface area contributed by atoms with E-state index >= 15 is 0 Å². The molecule has 84 valence electrons. The molecule has 0 N–H and O–H groups in total. The van der Waals surface area contributed by atoms with E-state index in [0.29, 0.717) is 5.92 Å². The zero-order valence-corrected chi connectivity index (χ0v) is 10.1. The van der Waals surface area contributed by atoms with Gasteiger partial charge in [0.1, 0.15) is 6.29 Å². The van der Waals surface area contributed by atoms with Crippen molar-refractivity contribution in [3.05, 3.63) is 23.3 Å². The van der Waals surface area contributed by atoms with Gasteiger partial charge in [-0.3, -0.25) is 0 Å². The van der Waals surface area contributed by atoms with E-state index in [4.69, 9.17) is 0 Å². The van der Waals surface area contributed by atoms with E-state index in [1.807, 2.05) is 0 Å². The van der Waals surface area contributed by atoms with Gasteiger partial charge in [0.25, 0.3) is 0 Å². The van der Waals surface area contributed by atoms with Gasteiger partial charge in [0.15, 0.2) is 0 Å². The first-order valence-corrected chi connectivity index (χ1v) is 5.91. The number of allylic oxidation sites excluding steroid dienone is 4. The Morgan fingerprint density at radius 1 is 1.53 bits per heavy atom. The Balaban J connectivity index is 2.44. The molecule has 15 heavy (non-hydrogen) atoms. The van der Waals surface area contributed by atoms with Crippen LogP contribution in [0.5, 0.6) is 0 Å². The second-order valence-corrected chi connectivity index (χ2v) is 4.84. The molecule has 0 saturated heterocycles. The minimum atomic E-state index is 0.261. The highest BCUT2D eigenvalue weighted by Crippen LogP contribution is 2.29. The summed E-state index contributed by atoms with van der Waals surface area (Å²) in [5, 5.41) is 0. The maximum atomic E-state index is 10.7. The van der Waals surface area contributed by atoms with E-state index in [0.717, 1.165) is 25.5 Å². The molecule has 1 aliphatic carbocycles. The minimum absolute atomic E-state index is 0.261. The Labute approximate surface area is 93.3 Å². The SMILES string of the molecule is CC(C)=CCCC1=CC(C)C(C=O)CC1. The lowest BCUT2D eigenvalue weighted by Gasteiger charge is -2.23. The average molecular weight is 206 g/mol. The molecule has 1 aliphatic rings. The molecule has 0 aromatic heterocycles. The summed E-state index contributed by atoms with van der Waals surface area (Å²) in [7, 11) is 0. The first-order chi connectivity index (χ1) is 7.13. The van der Waals surface area contributed by atoms with Crippen molar-refractivity contribution in [2.75, 3.05) is 0 Å². The van der Waals surface area contributed by atoms with Crippen molar-refractivity contribution in [2.24, 2.45) is 11.8 Å². The van der Waals surface area contributed by atoms with Crippen molar-refractivity contribution in [3.8, 4) is 0 Å². The molecule has 0 aliphatic heterocycles. The molecule has 0 fully saturated rings. The van der Waals surface area contributed by atoms with Gasteiger partial charge >= 0.3 is 0 Å². The van der Waals surface area contributed by atoms with E-state index in [2.05, 4.69) is 32.9 Å². The lowest BCUT2D eigenvalue weighted by molar-refractivity contribution is -0.112. The van der Waals surface area contributed by atoms with Crippen LogP contribution < -0.4 is 0 Å². The molecule has 0 aromatic carbocycles. The van der Waals surface area contributed by atoms with Crippen LogP contribution in [0.3, 0.4) is 0 Å². The van der Waals surface area contributed by atoms with Crippen LogP contribution >= 0.6 is 0 Å². The molecule has 1 heteroatoms. The standard InChI is InChI=1S/C14H22O/c1-11(2)5-4-6-13-7-8-14(10-15)12(3)9-13/h5,9-10,12,14H,4,6-8H2,1-3H3. The van der Waals surface area contributed by atoms with Crippen molar-refractivity contribution < 1.29 is 4.79 Å². The van der Waals surface area contributed by atoms with Crippen molar-refractivity contribution in [2.45, 2.75) is 46.5 Å². The van der Waals surface area contributed by atoms with E-state index in [1.54, 1.807) is 0 Å². The van der Waals surface area contributed by atoms with Crippen molar-refractivity contribution in [3.63, 3.8) is 0 Å². The van der Waals surface area contributed by atoms with E-state index in [1.165, 1.54) is 17.6 Å². The summed E-state index contributed by atoms with van der Waals surface area (Å²) in [6.07, 6.45) is 10.2. The van der Waals surface area contributed by atoms with Crippen molar-refractivity contribution >= 4 is 6.29 Å². The largest absolute Gasteiger partial charge is 0.303 e. The highest BCUT2D eigenvalue weighted by Gasteiger charge is 2.19. The van der Waals surface area contributed by atoms with Gasteiger partial charge in [-0.25, -0.2) is 0 Å². The summed E-state index contributed by atoms with van der Waals surface area (Å²) in [6, 6.07) is 0. The van der Waals surface area contributed by atoms with Crippen LogP contribution in [0.15, 0.2) is 23.3 Å². The van der Waals surface area contributed by atoms with Crippen LogP contribution in [-0.4, -0.2) is 6.29 Å². The van der Waals surface area contributed by atoms with Gasteiger partial charge < -0.3 is 4.79 Å². The normalized spacial score (nSPS) is 25.7. The molecule has 0 bridgehead atoms. The van der Waals surface area contributed by atoms with E-state index in [-0.39, 0.29) is 5.92 Å². The molecule has 2 unspecified atom stereocenters. The molecule has 0 spiro atoms. The lowest BCUT2D eigenvalue weighted by atomic mass is 9.81. The summed E-state index contributed by atoms with van der Waals surface area (Å²) in [5.41, 5.74) is 2.93. The van der Waals surface area contributed by atoms with Gasteiger partial charge in [-0.1, -0.05) is 30.2 Å². The molecule has 1 nitrogen and oxygen atoms in total. The zero-order valence-electron chi connectivity index (χ0n) is 10.1. The lowest BCUT2D eigenvalue weighted by Crippen LogP contribution is -2.16. The van der Waals surface area contributed by atoms with Crippen LogP contribution in [0.1, 0.15) is 46.5 Å². The van der Waals surface area contributed by atoms with E-state index in [9.17, 15) is 4.79 Å². The fourth-order valence-corrected chi connectivity index (χ4v) is 2.14. The maximum Gasteiger partial charge on any atom is 0.123 e. The number of aldehydes is 1. The molecule has 0 amide bonds. The minimum Gasteiger partial charge on any atom is -0.303 e. The predicted octanol–water partition coefficient (Wildman–Crippen LogP) is 3.90. The maximum absolute atomic E-state index is 10.7. The van der Waals surface area contributed by atoms with Crippen LogP contribution in [0.4, 0.5) is 0 Å². The summed E-state index contributed by atoms with van der Waals surface area (Å²) in [6.45, 7) is 6.43. The van der Waals surface area contributed by atoms with Crippen LogP contribution in [0, 0.1) is 11.8 Å². The van der Waals surface area contributed by atoms with Gasteiger partial charge in [-0.15, -0.1) is 0 Å². The fraction of sp³-hybridized carbons (Fsp3) is 0.643. The van der Waals surface area contributed by atoms with Gasteiger partial charge in [-0.2, -0.15) is 0 Å². The molecule has 0 aromatic rings. The Bertz CT molecular complexity index is 269. The highest BCUT2D eigenvalue weighted by atomic mass is 16.1. The Kier molecular flexibility index (Phi) is 4.80. The monoisotopic (exact) mass is 206 g/mol. The van der Waals surface area contributed by atoms with Crippen LogP contribution in [0.2, 0.25) is 0 Å².